The predicted molar refractivity (Wildman–Crippen MR) is 118 cm³/mol. The number of thioether (sulfide) groups is 1. The summed E-state index contributed by atoms with van der Waals surface area (Å²) in [6, 6.07) is 14.0. The highest BCUT2D eigenvalue weighted by Crippen LogP contribution is 2.32. The van der Waals surface area contributed by atoms with Gasteiger partial charge in [-0.05, 0) is 38.1 Å². The largest absolute Gasteiger partial charge is 0.392 e. The molecule has 0 aliphatic carbocycles. The molecule has 3 aromatic rings. The summed E-state index contributed by atoms with van der Waals surface area (Å²) in [4.78, 5) is 24.9. The lowest BCUT2D eigenvalue weighted by Gasteiger charge is -2.18. The first kappa shape index (κ1) is 21.2. The molecule has 6 nitrogen and oxygen atoms in total. The van der Waals surface area contributed by atoms with Gasteiger partial charge < -0.3 is 20.3 Å². The van der Waals surface area contributed by atoms with Crippen molar-refractivity contribution in [3.05, 3.63) is 42.5 Å². The molecule has 2 unspecified atom stereocenters. The second kappa shape index (κ2) is 9.33. The fourth-order valence-electron chi connectivity index (χ4n) is 3.44. The molecule has 0 bridgehead atoms. The third-order valence-corrected chi connectivity index (χ3v) is 5.83. The molecule has 0 spiro atoms. The van der Waals surface area contributed by atoms with Gasteiger partial charge in [-0.15, -0.1) is 11.8 Å². The SMILES string of the molecule is CCn1c2ccccc2c2cc(SCC(NC(C)=O)C(=O)NCC(C)O)ccc21. The van der Waals surface area contributed by atoms with Gasteiger partial charge in [0.2, 0.25) is 11.8 Å². The Labute approximate surface area is 174 Å². The summed E-state index contributed by atoms with van der Waals surface area (Å²) in [5.41, 5.74) is 2.40. The summed E-state index contributed by atoms with van der Waals surface area (Å²) in [6.07, 6.45) is -0.636. The van der Waals surface area contributed by atoms with Gasteiger partial charge in [0.15, 0.2) is 0 Å². The van der Waals surface area contributed by atoms with Gasteiger partial charge in [-0.2, -0.15) is 0 Å². The van der Waals surface area contributed by atoms with Crippen LogP contribution in [0.1, 0.15) is 20.8 Å². The van der Waals surface area contributed by atoms with E-state index >= 15 is 0 Å². The second-order valence-electron chi connectivity index (χ2n) is 7.10. The van der Waals surface area contributed by atoms with Gasteiger partial charge in [0.25, 0.3) is 0 Å². The highest BCUT2D eigenvalue weighted by Gasteiger charge is 2.20. The van der Waals surface area contributed by atoms with E-state index < -0.39 is 12.1 Å². The number of rotatable bonds is 8. The van der Waals surface area contributed by atoms with Gasteiger partial charge in [-0.1, -0.05) is 18.2 Å². The van der Waals surface area contributed by atoms with E-state index in [-0.39, 0.29) is 18.4 Å². The Hall–Kier alpha value is -2.51. The average Bonchev–Trinajstić information content (AvgIpc) is 3.02. The molecule has 0 radical (unpaired) electrons. The first-order chi connectivity index (χ1) is 13.9. The molecule has 2 aromatic carbocycles. The fraction of sp³-hybridized carbons (Fsp3) is 0.364. The number of aryl methyl sites for hydroxylation is 1. The molecule has 0 saturated carbocycles. The van der Waals surface area contributed by atoms with Crippen LogP contribution in [0.4, 0.5) is 0 Å². The van der Waals surface area contributed by atoms with Crippen LogP contribution in [0.2, 0.25) is 0 Å². The van der Waals surface area contributed by atoms with Crippen molar-refractivity contribution in [2.75, 3.05) is 12.3 Å². The molecule has 1 aromatic heterocycles. The number of fused-ring (bicyclic) bond motifs is 3. The number of aromatic nitrogens is 1. The topological polar surface area (TPSA) is 83.4 Å². The Kier molecular flexibility index (Phi) is 6.82. The van der Waals surface area contributed by atoms with Crippen molar-refractivity contribution in [2.45, 2.75) is 44.4 Å². The van der Waals surface area contributed by atoms with Crippen LogP contribution < -0.4 is 10.6 Å². The van der Waals surface area contributed by atoms with E-state index in [2.05, 4.69) is 52.5 Å². The quantitative estimate of drug-likeness (QED) is 0.496. The number of nitrogens with one attached hydrogen (secondary N) is 2. The maximum atomic E-state index is 12.4. The van der Waals surface area contributed by atoms with Crippen molar-refractivity contribution in [1.82, 2.24) is 15.2 Å². The van der Waals surface area contributed by atoms with Gasteiger partial charge in [0.1, 0.15) is 6.04 Å². The normalized spacial score (nSPS) is 13.4. The number of aliphatic hydroxyl groups is 1. The molecule has 7 heteroatoms. The Bertz CT molecular complexity index is 1030. The maximum absolute atomic E-state index is 12.4. The smallest absolute Gasteiger partial charge is 0.243 e. The molecular formula is C22H27N3O3S. The number of para-hydroxylation sites is 1. The van der Waals surface area contributed by atoms with Gasteiger partial charge in [-0.25, -0.2) is 0 Å². The third kappa shape index (κ3) is 4.92. The summed E-state index contributed by atoms with van der Waals surface area (Å²) in [7, 11) is 0. The first-order valence-corrected chi connectivity index (χ1v) is 10.8. The predicted octanol–water partition coefficient (Wildman–Crippen LogP) is 2.91. The third-order valence-electron chi connectivity index (χ3n) is 4.74. The molecule has 0 fully saturated rings. The van der Waals surface area contributed by atoms with Crippen LogP contribution in [0.15, 0.2) is 47.4 Å². The van der Waals surface area contributed by atoms with Gasteiger partial charge in [0, 0.05) is 52.5 Å². The lowest BCUT2D eigenvalue weighted by Crippen LogP contribution is -2.48. The summed E-state index contributed by atoms with van der Waals surface area (Å²) in [5, 5.41) is 17.1. The molecular weight excluding hydrogens is 386 g/mol. The number of nitrogens with zero attached hydrogens (tertiary/aromatic N) is 1. The Morgan fingerprint density at radius 2 is 1.86 bits per heavy atom. The minimum absolute atomic E-state index is 0.155. The highest BCUT2D eigenvalue weighted by molar-refractivity contribution is 7.99. The van der Waals surface area contributed by atoms with E-state index in [1.165, 1.54) is 40.5 Å². The number of hydrogen-bond acceptors (Lipinski definition) is 4. The van der Waals surface area contributed by atoms with Crippen molar-refractivity contribution in [3.8, 4) is 0 Å². The van der Waals surface area contributed by atoms with Crippen molar-refractivity contribution in [3.63, 3.8) is 0 Å². The van der Waals surface area contributed by atoms with Gasteiger partial charge >= 0.3 is 0 Å². The molecule has 0 aliphatic heterocycles. The fourth-order valence-corrected chi connectivity index (χ4v) is 4.40. The Morgan fingerprint density at radius 1 is 1.14 bits per heavy atom. The van der Waals surface area contributed by atoms with Crippen molar-refractivity contribution in [1.29, 1.82) is 0 Å². The molecule has 29 heavy (non-hydrogen) atoms. The highest BCUT2D eigenvalue weighted by atomic mass is 32.2. The molecule has 3 rings (SSSR count). The van der Waals surface area contributed by atoms with Gasteiger partial charge in [-0.3, -0.25) is 9.59 Å². The number of carbonyl (C=O) groups excluding carboxylic acids is 2. The van der Waals surface area contributed by atoms with Crippen LogP contribution in [-0.2, 0) is 16.1 Å². The molecule has 2 amide bonds. The molecule has 0 aliphatic rings. The molecule has 3 N–H and O–H groups in total. The molecule has 154 valence electrons. The number of amides is 2. The number of benzene rings is 2. The molecule has 1 heterocycles. The summed E-state index contributed by atoms with van der Waals surface area (Å²) in [6.45, 7) is 6.18. The lowest BCUT2D eigenvalue weighted by atomic mass is 10.1. The monoisotopic (exact) mass is 413 g/mol. The summed E-state index contributed by atoms with van der Waals surface area (Å²) in [5.74, 6) is -0.148. The Morgan fingerprint density at radius 3 is 2.55 bits per heavy atom. The van der Waals surface area contributed by atoms with E-state index in [0.29, 0.717) is 5.75 Å². The second-order valence-corrected chi connectivity index (χ2v) is 8.19. The molecule has 0 saturated heterocycles. The standard InChI is InChI=1S/C22H27N3O3S/c1-4-25-20-8-6-5-7-17(20)18-11-16(9-10-21(18)25)29-13-19(24-15(3)27)22(28)23-12-14(2)26/h5-11,14,19,26H,4,12-13H2,1-3H3,(H,23,28)(H,24,27). The number of carbonyl (C=O) groups is 2. The van der Waals surface area contributed by atoms with Crippen LogP contribution in [0, 0.1) is 0 Å². The van der Waals surface area contributed by atoms with E-state index in [0.717, 1.165) is 11.4 Å². The Balaban J connectivity index is 1.81. The average molecular weight is 414 g/mol. The van der Waals surface area contributed by atoms with E-state index in [4.69, 9.17) is 0 Å². The minimum atomic E-state index is -0.663. The summed E-state index contributed by atoms with van der Waals surface area (Å²) >= 11 is 1.53. The van der Waals surface area contributed by atoms with Crippen LogP contribution in [0.25, 0.3) is 21.8 Å². The lowest BCUT2D eigenvalue weighted by molar-refractivity contribution is -0.127. The van der Waals surface area contributed by atoms with Crippen LogP contribution in [0.3, 0.4) is 0 Å². The maximum Gasteiger partial charge on any atom is 0.243 e. The minimum Gasteiger partial charge on any atom is -0.392 e. The number of hydrogen-bond donors (Lipinski definition) is 3. The van der Waals surface area contributed by atoms with Gasteiger partial charge in [0.05, 0.1) is 6.10 Å². The zero-order valence-corrected chi connectivity index (χ0v) is 17.8. The zero-order valence-electron chi connectivity index (χ0n) is 16.9. The van der Waals surface area contributed by atoms with Crippen molar-refractivity contribution >= 4 is 45.4 Å². The first-order valence-electron chi connectivity index (χ1n) is 9.77. The van der Waals surface area contributed by atoms with E-state index in [1.807, 2.05) is 12.1 Å². The van der Waals surface area contributed by atoms with E-state index in [9.17, 15) is 14.7 Å². The zero-order chi connectivity index (χ0) is 21.0. The molecule has 2 atom stereocenters. The van der Waals surface area contributed by atoms with E-state index in [1.54, 1.807) is 6.92 Å². The van der Waals surface area contributed by atoms with Crippen LogP contribution in [0.5, 0.6) is 0 Å². The number of aliphatic hydroxyl groups excluding tert-OH is 1. The van der Waals surface area contributed by atoms with Crippen molar-refractivity contribution < 1.29 is 14.7 Å². The van der Waals surface area contributed by atoms with Crippen LogP contribution >= 0.6 is 11.8 Å². The van der Waals surface area contributed by atoms with Crippen molar-refractivity contribution in [2.24, 2.45) is 0 Å². The summed E-state index contributed by atoms with van der Waals surface area (Å²) < 4.78 is 2.29. The van der Waals surface area contributed by atoms with Crippen LogP contribution in [-0.4, -0.2) is 45.9 Å².